The van der Waals surface area contributed by atoms with Gasteiger partial charge in [-0.05, 0) is 48.9 Å². The second kappa shape index (κ2) is 8.31. The molecule has 1 N–H and O–H groups in total. The van der Waals surface area contributed by atoms with Crippen LogP contribution in [0.4, 0.5) is 0 Å². The topological polar surface area (TPSA) is 66.5 Å². The number of likely N-dealkylation sites (N-methyl/N-ethyl adjacent to an activating group) is 1. The molecule has 5 nitrogen and oxygen atoms in total. The van der Waals surface area contributed by atoms with Crippen LogP contribution >= 0.6 is 27.5 Å². The molecular weight excluding hydrogens is 428 g/mol. The van der Waals surface area contributed by atoms with E-state index in [9.17, 15) is 13.2 Å². The minimum absolute atomic E-state index is 0.136. The zero-order chi connectivity index (χ0) is 18.6. The number of hydrogen-bond donors (Lipinski definition) is 1. The Bertz CT molecular complexity index is 839. The summed E-state index contributed by atoms with van der Waals surface area (Å²) in [5, 5.41) is 3.40. The van der Waals surface area contributed by atoms with Crippen LogP contribution in [0.15, 0.2) is 57.9 Å². The third-order valence-corrected chi connectivity index (χ3v) is 6.23. The first kappa shape index (κ1) is 19.9. The number of rotatable bonds is 6. The van der Waals surface area contributed by atoms with Gasteiger partial charge in [0.15, 0.2) is 0 Å². The number of nitrogens with one attached hydrogen (secondary N) is 1. The molecule has 2 aromatic rings. The largest absolute Gasteiger partial charge is 0.348 e. The lowest BCUT2D eigenvalue weighted by Gasteiger charge is -2.19. The van der Waals surface area contributed by atoms with Crippen LogP contribution in [0.25, 0.3) is 0 Å². The fourth-order valence-corrected chi connectivity index (χ4v) is 3.71. The van der Waals surface area contributed by atoms with Gasteiger partial charge in [0.25, 0.3) is 0 Å². The van der Waals surface area contributed by atoms with E-state index < -0.39 is 10.0 Å². The Morgan fingerprint density at radius 3 is 2.28 bits per heavy atom. The number of nitrogens with zero attached hydrogens (tertiary/aromatic N) is 1. The number of halogens is 2. The molecule has 1 unspecified atom stereocenters. The second-order valence-corrected chi connectivity index (χ2v) is 8.95. The highest BCUT2D eigenvalue weighted by atomic mass is 79.9. The van der Waals surface area contributed by atoms with Gasteiger partial charge in [0.1, 0.15) is 0 Å². The molecule has 0 radical (unpaired) electrons. The van der Waals surface area contributed by atoms with Gasteiger partial charge in [-0.3, -0.25) is 4.79 Å². The summed E-state index contributed by atoms with van der Waals surface area (Å²) in [7, 11) is -2.34. The zero-order valence-corrected chi connectivity index (χ0v) is 16.9. The maximum absolute atomic E-state index is 12.5. The molecular formula is C17H18BrClN2O3S. The van der Waals surface area contributed by atoms with E-state index >= 15 is 0 Å². The number of carbonyl (C=O) groups excluding carboxylic acids is 1. The second-order valence-electron chi connectivity index (χ2n) is 5.56. The van der Waals surface area contributed by atoms with Crippen molar-refractivity contribution in [1.82, 2.24) is 9.62 Å². The van der Waals surface area contributed by atoms with Gasteiger partial charge in [-0.25, -0.2) is 8.42 Å². The van der Waals surface area contributed by atoms with Crippen molar-refractivity contribution in [3.63, 3.8) is 0 Å². The predicted molar refractivity (Wildman–Crippen MR) is 102 cm³/mol. The van der Waals surface area contributed by atoms with E-state index in [0.717, 1.165) is 14.3 Å². The van der Waals surface area contributed by atoms with E-state index in [0.29, 0.717) is 5.02 Å². The van der Waals surface area contributed by atoms with E-state index in [1.807, 2.05) is 19.1 Å². The molecule has 0 saturated carbocycles. The summed E-state index contributed by atoms with van der Waals surface area (Å²) < 4.78 is 26.8. The minimum Gasteiger partial charge on any atom is -0.348 e. The van der Waals surface area contributed by atoms with Crippen molar-refractivity contribution in [2.75, 3.05) is 13.6 Å². The maximum Gasteiger partial charge on any atom is 0.243 e. The summed E-state index contributed by atoms with van der Waals surface area (Å²) in [4.78, 5) is 12.3. The fraction of sp³-hybridized carbons (Fsp3) is 0.235. The third-order valence-electron chi connectivity index (χ3n) is 3.64. The molecule has 0 saturated heterocycles. The van der Waals surface area contributed by atoms with Crippen molar-refractivity contribution in [3.05, 3.63) is 63.6 Å². The molecule has 1 amide bonds. The molecule has 0 spiro atoms. The standard InChI is InChI=1S/C17H18BrClN2O3S/c1-12(13-3-7-15(19)8-4-13)20-17(22)11-21(2)25(23,24)16-9-5-14(18)6-10-16/h3-10,12H,11H2,1-2H3,(H,20,22). The Hall–Kier alpha value is -1.41. The van der Waals surface area contributed by atoms with E-state index in [-0.39, 0.29) is 23.4 Å². The molecule has 0 aliphatic carbocycles. The molecule has 0 bridgehead atoms. The zero-order valence-electron chi connectivity index (χ0n) is 13.7. The van der Waals surface area contributed by atoms with E-state index in [1.54, 1.807) is 24.3 Å². The summed E-state index contributed by atoms with van der Waals surface area (Å²) in [6, 6.07) is 13.1. The number of amides is 1. The molecule has 134 valence electrons. The smallest absolute Gasteiger partial charge is 0.243 e. The monoisotopic (exact) mass is 444 g/mol. The average molecular weight is 446 g/mol. The van der Waals surface area contributed by atoms with Crippen molar-refractivity contribution >= 4 is 43.5 Å². The minimum atomic E-state index is -3.72. The van der Waals surface area contributed by atoms with Crippen molar-refractivity contribution in [3.8, 4) is 0 Å². The van der Waals surface area contributed by atoms with Crippen LogP contribution in [0, 0.1) is 0 Å². The molecule has 2 rings (SSSR count). The van der Waals surface area contributed by atoms with E-state index in [1.165, 1.54) is 19.2 Å². The molecule has 0 aromatic heterocycles. The molecule has 0 heterocycles. The predicted octanol–water partition coefficient (Wildman–Crippen LogP) is 3.60. The van der Waals surface area contributed by atoms with Gasteiger partial charge in [0, 0.05) is 16.5 Å². The number of hydrogen-bond acceptors (Lipinski definition) is 3. The molecule has 1 atom stereocenters. The van der Waals surface area contributed by atoms with Gasteiger partial charge in [-0.15, -0.1) is 0 Å². The van der Waals surface area contributed by atoms with Crippen LogP contribution in [-0.2, 0) is 14.8 Å². The fourth-order valence-electron chi connectivity index (χ4n) is 2.20. The lowest BCUT2D eigenvalue weighted by molar-refractivity contribution is -0.121. The van der Waals surface area contributed by atoms with Gasteiger partial charge >= 0.3 is 0 Å². The van der Waals surface area contributed by atoms with E-state index in [2.05, 4.69) is 21.2 Å². The Labute approximate surface area is 161 Å². The quantitative estimate of drug-likeness (QED) is 0.739. The molecule has 8 heteroatoms. The van der Waals surface area contributed by atoms with E-state index in [4.69, 9.17) is 11.6 Å². The van der Waals surface area contributed by atoms with Gasteiger partial charge in [0.2, 0.25) is 15.9 Å². The normalized spacial score (nSPS) is 12.8. The third kappa shape index (κ3) is 5.28. The highest BCUT2D eigenvalue weighted by molar-refractivity contribution is 9.10. The molecule has 2 aromatic carbocycles. The first-order valence-corrected chi connectivity index (χ1v) is 10.1. The number of sulfonamides is 1. The Balaban J connectivity index is 2.01. The summed E-state index contributed by atoms with van der Waals surface area (Å²) in [5.74, 6) is -0.384. The first-order valence-electron chi connectivity index (χ1n) is 7.47. The SMILES string of the molecule is CC(NC(=O)CN(C)S(=O)(=O)c1ccc(Br)cc1)c1ccc(Cl)cc1. The van der Waals surface area contributed by atoms with Crippen molar-refractivity contribution in [1.29, 1.82) is 0 Å². The van der Waals surface area contributed by atoms with Crippen molar-refractivity contribution < 1.29 is 13.2 Å². The molecule has 25 heavy (non-hydrogen) atoms. The lowest BCUT2D eigenvalue weighted by atomic mass is 10.1. The van der Waals surface area contributed by atoms with Crippen LogP contribution in [-0.4, -0.2) is 32.2 Å². The summed E-state index contributed by atoms with van der Waals surface area (Å²) in [5.41, 5.74) is 0.885. The average Bonchev–Trinajstić information content (AvgIpc) is 2.55. The highest BCUT2D eigenvalue weighted by Gasteiger charge is 2.23. The van der Waals surface area contributed by atoms with Crippen LogP contribution < -0.4 is 5.32 Å². The van der Waals surface area contributed by atoms with Gasteiger partial charge in [0.05, 0.1) is 17.5 Å². The summed E-state index contributed by atoms with van der Waals surface area (Å²) in [6.07, 6.45) is 0. The molecule has 0 aliphatic heterocycles. The first-order chi connectivity index (χ1) is 11.7. The van der Waals surface area contributed by atoms with Crippen LogP contribution in [0.2, 0.25) is 5.02 Å². The summed E-state index contributed by atoms with van der Waals surface area (Å²) in [6.45, 7) is 1.56. The maximum atomic E-state index is 12.5. The van der Waals surface area contributed by atoms with Crippen LogP contribution in [0.3, 0.4) is 0 Å². The van der Waals surface area contributed by atoms with Crippen molar-refractivity contribution in [2.45, 2.75) is 17.9 Å². The Morgan fingerprint density at radius 2 is 1.72 bits per heavy atom. The molecule has 0 fully saturated rings. The van der Waals surface area contributed by atoms with Crippen molar-refractivity contribution in [2.24, 2.45) is 0 Å². The van der Waals surface area contributed by atoms with Crippen LogP contribution in [0.1, 0.15) is 18.5 Å². The van der Waals surface area contributed by atoms with Gasteiger partial charge < -0.3 is 5.32 Å². The number of benzene rings is 2. The van der Waals surface area contributed by atoms with Crippen LogP contribution in [0.5, 0.6) is 0 Å². The lowest BCUT2D eigenvalue weighted by Crippen LogP contribution is -2.39. The highest BCUT2D eigenvalue weighted by Crippen LogP contribution is 2.18. The summed E-state index contributed by atoms with van der Waals surface area (Å²) >= 11 is 9.11. The van der Waals surface area contributed by atoms with Gasteiger partial charge in [-0.2, -0.15) is 4.31 Å². The Morgan fingerprint density at radius 1 is 1.16 bits per heavy atom. The Kier molecular flexibility index (Phi) is 6.62. The molecule has 0 aliphatic rings. The van der Waals surface area contributed by atoms with Gasteiger partial charge in [-0.1, -0.05) is 39.7 Å². The number of carbonyl (C=O) groups is 1.